The summed E-state index contributed by atoms with van der Waals surface area (Å²) in [6, 6.07) is 9.42. The van der Waals surface area contributed by atoms with E-state index in [0.29, 0.717) is 35.8 Å². The maximum absolute atomic E-state index is 12.3. The van der Waals surface area contributed by atoms with E-state index in [1.807, 2.05) is 26.0 Å². The number of carbonyl (C=O) groups is 1. The molecule has 0 saturated heterocycles. The average Bonchev–Trinajstić information content (AvgIpc) is 3.24. The van der Waals surface area contributed by atoms with Gasteiger partial charge in [-0.25, -0.2) is 0 Å². The minimum absolute atomic E-state index is 0.0586. The number of benzene rings is 1. The summed E-state index contributed by atoms with van der Waals surface area (Å²) in [6.07, 6.45) is 0.389. The van der Waals surface area contributed by atoms with Gasteiger partial charge in [0.25, 0.3) is 0 Å². The first-order chi connectivity index (χ1) is 12.1. The zero-order valence-corrected chi connectivity index (χ0v) is 14.4. The number of aromatic nitrogens is 5. The molecule has 0 atom stereocenters. The van der Waals surface area contributed by atoms with Gasteiger partial charge < -0.3 is 14.6 Å². The highest BCUT2D eigenvalue weighted by atomic mass is 16.5. The van der Waals surface area contributed by atoms with E-state index in [-0.39, 0.29) is 5.91 Å². The van der Waals surface area contributed by atoms with E-state index in [4.69, 9.17) is 4.74 Å². The summed E-state index contributed by atoms with van der Waals surface area (Å²) in [7, 11) is 1.57. The van der Waals surface area contributed by atoms with Gasteiger partial charge in [-0.3, -0.25) is 4.79 Å². The maximum atomic E-state index is 12.3. The summed E-state index contributed by atoms with van der Waals surface area (Å²) >= 11 is 0. The number of hydrogen-bond acceptors (Lipinski definition) is 5. The topological polar surface area (TPSA) is 97.7 Å². The Morgan fingerprint density at radius 2 is 2.00 bits per heavy atom. The molecule has 2 N–H and O–H groups in total. The van der Waals surface area contributed by atoms with Crippen molar-refractivity contribution in [3.8, 4) is 17.1 Å². The minimum atomic E-state index is -0.0586. The van der Waals surface area contributed by atoms with E-state index in [1.165, 1.54) is 0 Å². The predicted molar refractivity (Wildman–Crippen MR) is 93.3 cm³/mol. The Morgan fingerprint density at radius 3 is 2.64 bits per heavy atom. The van der Waals surface area contributed by atoms with E-state index < -0.39 is 0 Å². The largest absolute Gasteiger partial charge is 0.496 e. The Kier molecular flexibility index (Phi) is 4.78. The molecule has 0 unspecified atom stereocenters. The quantitative estimate of drug-likeness (QED) is 0.718. The van der Waals surface area contributed by atoms with E-state index in [0.717, 1.165) is 11.4 Å². The first kappa shape index (κ1) is 16.7. The number of nitrogens with one attached hydrogen (secondary N) is 2. The van der Waals surface area contributed by atoms with Gasteiger partial charge in [-0.1, -0.05) is 0 Å². The fraction of sp³-hybridized carbons (Fsp3) is 0.294. The zero-order chi connectivity index (χ0) is 17.8. The number of aromatic amines is 1. The second-order valence-corrected chi connectivity index (χ2v) is 5.72. The van der Waals surface area contributed by atoms with Crippen molar-refractivity contribution in [3.05, 3.63) is 41.7 Å². The normalized spacial score (nSPS) is 10.7. The van der Waals surface area contributed by atoms with Gasteiger partial charge >= 0.3 is 0 Å². The lowest BCUT2D eigenvalue weighted by Gasteiger charge is -2.11. The number of nitrogens with zero attached hydrogens (tertiary/aromatic N) is 4. The summed E-state index contributed by atoms with van der Waals surface area (Å²) in [5.41, 5.74) is 3.61. The summed E-state index contributed by atoms with van der Waals surface area (Å²) in [6.45, 7) is 4.71. The van der Waals surface area contributed by atoms with Crippen LogP contribution in [0.15, 0.2) is 30.3 Å². The molecule has 2 heterocycles. The summed E-state index contributed by atoms with van der Waals surface area (Å²) in [4.78, 5) is 12.3. The van der Waals surface area contributed by atoms with Gasteiger partial charge in [0.15, 0.2) is 0 Å². The highest BCUT2D eigenvalue weighted by molar-refractivity contribution is 5.91. The Labute approximate surface area is 145 Å². The summed E-state index contributed by atoms with van der Waals surface area (Å²) in [5.74, 6) is 0.959. The fourth-order valence-electron chi connectivity index (χ4n) is 2.73. The van der Waals surface area contributed by atoms with Gasteiger partial charge in [0.1, 0.15) is 5.75 Å². The van der Waals surface area contributed by atoms with Crippen LogP contribution in [-0.2, 0) is 11.3 Å². The van der Waals surface area contributed by atoms with Gasteiger partial charge in [-0.05, 0) is 49.4 Å². The third kappa shape index (κ3) is 3.68. The number of amides is 1. The molecule has 0 spiro atoms. The van der Waals surface area contributed by atoms with Crippen LogP contribution >= 0.6 is 0 Å². The van der Waals surface area contributed by atoms with Gasteiger partial charge in [-0.2, -0.15) is 5.21 Å². The lowest BCUT2D eigenvalue weighted by molar-refractivity contribution is -0.116. The van der Waals surface area contributed by atoms with Gasteiger partial charge in [0, 0.05) is 30.0 Å². The van der Waals surface area contributed by atoms with Crippen molar-refractivity contribution >= 4 is 11.6 Å². The number of H-pyrrole nitrogens is 1. The molecule has 2 aromatic heterocycles. The molecule has 3 aromatic rings. The van der Waals surface area contributed by atoms with Crippen molar-refractivity contribution in [1.29, 1.82) is 0 Å². The van der Waals surface area contributed by atoms with Crippen LogP contribution < -0.4 is 10.1 Å². The monoisotopic (exact) mass is 340 g/mol. The van der Waals surface area contributed by atoms with Crippen LogP contribution in [0.2, 0.25) is 0 Å². The highest BCUT2D eigenvalue weighted by Gasteiger charge is 2.13. The van der Waals surface area contributed by atoms with Crippen molar-refractivity contribution < 1.29 is 9.53 Å². The number of rotatable bonds is 6. The fourth-order valence-corrected chi connectivity index (χ4v) is 2.73. The lowest BCUT2D eigenvalue weighted by Crippen LogP contribution is -2.15. The highest BCUT2D eigenvalue weighted by Crippen LogP contribution is 2.29. The number of hydrogen-bond donors (Lipinski definition) is 2. The van der Waals surface area contributed by atoms with Crippen LogP contribution in [0.3, 0.4) is 0 Å². The van der Waals surface area contributed by atoms with Crippen molar-refractivity contribution in [3.63, 3.8) is 0 Å². The van der Waals surface area contributed by atoms with Crippen LogP contribution in [0.4, 0.5) is 5.69 Å². The molecule has 1 amide bonds. The Balaban J connectivity index is 1.70. The predicted octanol–water partition coefficient (Wildman–Crippen LogP) is 2.32. The number of methoxy groups -OCH3 is 1. The molecule has 0 radical (unpaired) electrons. The molecule has 8 heteroatoms. The summed E-state index contributed by atoms with van der Waals surface area (Å²) in [5, 5.41) is 16.8. The third-order valence-electron chi connectivity index (χ3n) is 4.05. The van der Waals surface area contributed by atoms with Crippen molar-refractivity contribution in [2.45, 2.75) is 26.8 Å². The van der Waals surface area contributed by atoms with Gasteiger partial charge in [0.05, 0.1) is 12.7 Å². The molecular weight excluding hydrogens is 320 g/mol. The van der Waals surface area contributed by atoms with Crippen LogP contribution in [0.5, 0.6) is 5.75 Å². The van der Waals surface area contributed by atoms with Crippen LogP contribution in [0.25, 0.3) is 11.4 Å². The molecule has 0 saturated carbocycles. The molecule has 0 aliphatic heterocycles. The van der Waals surface area contributed by atoms with Gasteiger partial charge in [-0.15, -0.1) is 10.2 Å². The van der Waals surface area contributed by atoms with E-state index in [1.54, 1.807) is 25.3 Å². The van der Waals surface area contributed by atoms with Crippen LogP contribution in [0.1, 0.15) is 17.8 Å². The molecular formula is C17H20N6O2. The average molecular weight is 340 g/mol. The molecule has 25 heavy (non-hydrogen) atoms. The van der Waals surface area contributed by atoms with Crippen LogP contribution in [0, 0.1) is 13.8 Å². The van der Waals surface area contributed by atoms with Crippen molar-refractivity contribution in [2.75, 3.05) is 12.4 Å². The smallest absolute Gasteiger partial charge is 0.226 e. The molecule has 0 bridgehead atoms. The Hall–Kier alpha value is -3.16. The maximum Gasteiger partial charge on any atom is 0.226 e. The molecule has 0 fully saturated rings. The van der Waals surface area contributed by atoms with Crippen LogP contribution in [-0.4, -0.2) is 38.2 Å². The number of anilines is 1. The SMILES string of the molecule is COc1ccc(NC(=O)CCn2c(C)ccc2C)cc1-c1nn[nH]n1. The number of tetrazole rings is 1. The Morgan fingerprint density at radius 1 is 1.24 bits per heavy atom. The first-order valence-corrected chi connectivity index (χ1v) is 7.93. The molecule has 0 aliphatic rings. The molecule has 8 nitrogen and oxygen atoms in total. The third-order valence-corrected chi connectivity index (χ3v) is 4.05. The zero-order valence-electron chi connectivity index (χ0n) is 14.4. The first-order valence-electron chi connectivity index (χ1n) is 7.93. The van der Waals surface area contributed by atoms with Crippen molar-refractivity contribution in [2.24, 2.45) is 0 Å². The van der Waals surface area contributed by atoms with Gasteiger partial charge in [0.2, 0.25) is 11.7 Å². The Bertz CT molecular complexity index is 850. The summed E-state index contributed by atoms with van der Waals surface area (Å²) < 4.78 is 7.44. The second-order valence-electron chi connectivity index (χ2n) is 5.72. The molecule has 0 aliphatic carbocycles. The molecule has 1 aromatic carbocycles. The number of aryl methyl sites for hydroxylation is 2. The second kappa shape index (κ2) is 7.16. The van der Waals surface area contributed by atoms with E-state index in [9.17, 15) is 4.79 Å². The number of ether oxygens (including phenoxy) is 1. The lowest BCUT2D eigenvalue weighted by atomic mass is 10.1. The minimum Gasteiger partial charge on any atom is -0.496 e. The number of carbonyl (C=O) groups excluding carboxylic acids is 1. The molecule has 130 valence electrons. The van der Waals surface area contributed by atoms with E-state index >= 15 is 0 Å². The van der Waals surface area contributed by atoms with Crippen molar-refractivity contribution in [1.82, 2.24) is 25.2 Å². The van der Waals surface area contributed by atoms with E-state index in [2.05, 4.69) is 30.5 Å². The standard InChI is InChI=1S/C17H20N6O2/c1-11-4-5-12(2)23(11)9-8-16(24)18-13-6-7-15(25-3)14(10-13)17-19-21-22-20-17/h4-7,10H,8-9H2,1-3H3,(H,18,24)(H,19,20,21,22). The molecule has 3 rings (SSSR count).